The molecule has 3 aromatic rings. The van der Waals surface area contributed by atoms with Gasteiger partial charge in [0.1, 0.15) is 5.75 Å². The van der Waals surface area contributed by atoms with Crippen molar-refractivity contribution < 1.29 is 9.53 Å². The largest absolute Gasteiger partial charge is 0.497 e. The quantitative estimate of drug-likeness (QED) is 0.769. The van der Waals surface area contributed by atoms with Gasteiger partial charge in [0.15, 0.2) is 0 Å². The molecule has 0 unspecified atom stereocenters. The molecule has 0 aliphatic carbocycles. The molecule has 0 aliphatic rings. The van der Waals surface area contributed by atoms with Crippen LogP contribution in [0.2, 0.25) is 0 Å². The lowest BCUT2D eigenvalue weighted by molar-refractivity contribution is 0.0557. The molecular formula is C21H23N3O3. The number of nitrogens with one attached hydrogen (secondary N) is 1. The van der Waals surface area contributed by atoms with Gasteiger partial charge >= 0.3 is 0 Å². The standard InChI is InChI=1S/C21H23N3O3/c1-21(2,3)24(20(26)15-6-5-9-22-12-15)13-16-10-14-7-8-17(27-4)11-18(14)23-19(16)25/h5-12H,13H2,1-4H3,(H,23,25). The van der Waals surface area contributed by atoms with Gasteiger partial charge in [0.2, 0.25) is 0 Å². The van der Waals surface area contributed by atoms with Crippen LogP contribution < -0.4 is 10.3 Å². The number of aromatic nitrogens is 2. The average Bonchev–Trinajstić information content (AvgIpc) is 2.65. The molecule has 0 saturated carbocycles. The number of hydrogen-bond acceptors (Lipinski definition) is 4. The molecule has 0 radical (unpaired) electrons. The zero-order chi connectivity index (χ0) is 19.6. The first-order valence-electron chi connectivity index (χ1n) is 8.71. The van der Waals surface area contributed by atoms with Gasteiger partial charge in [0.25, 0.3) is 11.5 Å². The Labute approximate surface area is 157 Å². The second kappa shape index (κ2) is 7.23. The SMILES string of the molecule is COc1ccc2cc(CN(C(=O)c3cccnc3)C(C)(C)C)c(=O)[nH]c2c1. The van der Waals surface area contributed by atoms with Gasteiger partial charge in [-0.15, -0.1) is 0 Å². The number of nitrogens with zero attached hydrogens (tertiary/aromatic N) is 2. The number of H-pyrrole nitrogens is 1. The fourth-order valence-electron chi connectivity index (χ4n) is 2.90. The second-order valence-corrected chi connectivity index (χ2v) is 7.38. The molecule has 0 fully saturated rings. The van der Waals surface area contributed by atoms with Crippen molar-refractivity contribution in [2.45, 2.75) is 32.9 Å². The number of ether oxygens (including phenoxy) is 1. The summed E-state index contributed by atoms with van der Waals surface area (Å²) in [6, 6.07) is 10.8. The number of aromatic amines is 1. The number of pyridine rings is 2. The second-order valence-electron chi connectivity index (χ2n) is 7.38. The average molecular weight is 365 g/mol. The lowest BCUT2D eigenvalue weighted by Gasteiger charge is -2.35. The fraction of sp³-hybridized carbons (Fsp3) is 0.286. The van der Waals surface area contributed by atoms with Crippen LogP contribution in [0.15, 0.2) is 53.6 Å². The van der Waals surface area contributed by atoms with Crippen LogP contribution in [-0.2, 0) is 6.54 Å². The Bertz CT molecular complexity index is 1020. The number of rotatable bonds is 4. The van der Waals surface area contributed by atoms with Crippen molar-refractivity contribution in [1.82, 2.24) is 14.9 Å². The first kappa shape index (κ1) is 18.6. The molecule has 3 rings (SSSR count). The molecule has 2 heterocycles. The number of fused-ring (bicyclic) bond motifs is 1. The van der Waals surface area contributed by atoms with E-state index in [-0.39, 0.29) is 18.0 Å². The molecule has 6 nitrogen and oxygen atoms in total. The van der Waals surface area contributed by atoms with Crippen LogP contribution in [0.1, 0.15) is 36.7 Å². The van der Waals surface area contributed by atoms with E-state index in [2.05, 4.69) is 9.97 Å². The number of amides is 1. The van der Waals surface area contributed by atoms with E-state index in [1.54, 1.807) is 36.4 Å². The summed E-state index contributed by atoms with van der Waals surface area (Å²) in [6.07, 6.45) is 3.17. The zero-order valence-electron chi connectivity index (χ0n) is 15.9. The van der Waals surface area contributed by atoms with Crippen LogP contribution in [0.3, 0.4) is 0 Å². The van der Waals surface area contributed by atoms with Gasteiger partial charge in [0.05, 0.1) is 24.7 Å². The third-order valence-corrected chi connectivity index (χ3v) is 4.42. The van der Waals surface area contributed by atoms with Crippen molar-refractivity contribution in [3.05, 3.63) is 70.3 Å². The van der Waals surface area contributed by atoms with Crippen molar-refractivity contribution in [2.24, 2.45) is 0 Å². The number of carbonyl (C=O) groups excluding carboxylic acids is 1. The van der Waals surface area contributed by atoms with E-state index in [0.717, 1.165) is 5.39 Å². The van der Waals surface area contributed by atoms with Crippen molar-refractivity contribution in [3.8, 4) is 5.75 Å². The molecule has 1 amide bonds. The van der Waals surface area contributed by atoms with Gasteiger partial charge in [-0.05, 0) is 56.5 Å². The summed E-state index contributed by atoms with van der Waals surface area (Å²) in [7, 11) is 1.58. The predicted molar refractivity (Wildman–Crippen MR) is 105 cm³/mol. The normalized spacial score (nSPS) is 11.4. The molecule has 0 atom stereocenters. The first-order chi connectivity index (χ1) is 12.8. The molecule has 2 aromatic heterocycles. The van der Waals surface area contributed by atoms with Gasteiger partial charge < -0.3 is 14.6 Å². The number of carbonyl (C=O) groups is 1. The third kappa shape index (κ3) is 4.00. The fourth-order valence-corrected chi connectivity index (χ4v) is 2.90. The van der Waals surface area contributed by atoms with E-state index in [0.29, 0.717) is 22.4 Å². The Morgan fingerprint density at radius 1 is 1.22 bits per heavy atom. The Morgan fingerprint density at radius 3 is 2.63 bits per heavy atom. The maximum absolute atomic E-state index is 13.0. The lowest BCUT2D eigenvalue weighted by Crippen LogP contribution is -2.46. The van der Waals surface area contributed by atoms with E-state index in [1.807, 2.05) is 39.0 Å². The molecule has 0 spiro atoms. The summed E-state index contributed by atoms with van der Waals surface area (Å²) in [5, 5.41) is 0.882. The number of hydrogen-bond donors (Lipinski definition) is 1. The minimum atomic E-state index is -0.464. The van der Waals surface area contributed by atoms with Crippen LogP contribution in [0.25, 0.3) is 10.9 Å². The van der Waals surface area contributed by atoms with Crippen molar-refractivity contribution in [1.29, 1.82) is 0 Å². The maximum atomic E-state index is 13.0. The minimum Gasteiger partial charge on any atom is -0.497 e. The van der Waals surface area contributed by atoms with Gasteiger partial charge in [-0.3, -0.25) is 14.6 Å². The predicted octanol–water partition coefficient (Wildman–Crippen LogP) is 3.37. The molecule has 1 N–H and O–H groups in total. The third-order valence-electron chi connectivity index (χ3n) is 4.42. The van der Waals surface area contributed by atoms with E-state index in [4.69, 9.17) is 4.74 Å². The van der Waals surface area contributed by atoms with Crippen molar-refractivity contribution in [3.63, 3.8) is 0 Å². The van der Waals surface area contributed by atoms with E-state index in [9.17, 15) is 9.59 Å². The molecule has 140 valence electrons. The van der Waals surface area contributed by atoms with Crippen molar-refractivity contribution >= 4 is 16.8 Å². The zero-order valence-corrected chi connectivity index (χ0v) is 15.9. The van der Waals surface area contributed by atoms with Gasteiger partial charge in [0, 0.05) is 29.6 Å². The van der Waals surface area contributed by atoms with Crippen LogP contribution in [0.4, 0.5) is 0 Å². The highest BCUT2D eigenvalue weighted by Crippen LogP contribution is 2.22. The highest BCUT2D eigenvalue weighted by molar-refractivity contribution is 5.94. The summed E-state index contributed by atoms with van der Waals surface area (Å²) >= 11 is 0. The summed E-state index contributed by atoms with van der Waals surface area (Å²) < 4.78 is 5.20. The van der Waals surface area contributed by atoms with Gasteiger partial charge in [-0.2, -0.15) is 0 Å². The highest BCUT2D eigenvalue weighted by Gasteiger charge is 2.28. The van der Waals surface area contributed by atoms with E-state index in [1.165, 1.54) is 6.20 Å². The van der Waals surface area contributed by atoms with Crippen molar-refractivity contribution in [2.75, 3.05) is 7.11 Å². The van der Waals surface area contributed by atoms with Crippen LogP contribution in [0, 0.1) is 0 Å². The lowest BCUT2D eigenvalue weighted by atomic mass is 10.0. The Balaban J connectivity index is 2.00. The van der Waals surface area contributed by atoms with E-state index >= 15 is 0 Å². The highest BCUT2D eigenvalue weighted by atomic mass is 16.5. The molecule has 6 heteroatoms. The van der Waals surface area contributed by atoms with E-state index < -0.39 is 5.54 Å². The monoisotopic (exact) mass is 365 g/mol. The summed E-state index contributed by atoms with van der Waals surface area (Å²) in [4.78, 5) is 34.2. The number of methoxy groups -OCH3 is 1. The molecule has 0 bridgehead atoms. The molecule has 0 saturated heterocycles. The molecule has 27 heavy (non-hydrogen) atoms. The van der Waals surface area contributed by atoms with Crippen LogP contribution >= 0.6 is 0 Å². The van der Waals surface area contributed by atoms with Gasteiger partial charge in [-0.25, -0.2) is 0 Å². The maximum Gasteiger partial charge on any atom is 0.256 e. The first-order valence-corrected chi connectivity index (χ1v) is 8.71. The topological polar surface area (TPSA) is 75.3 Å². The van der Waals surface area contributed by atoms with Gasteiger partial charge in [-0.1, -0.05) is 0 Å². The Kier molecular flexibility index (Phi) is 4.99. The summed E-state index contributed by atoms with van der Waals surface area (Å²) in [5.74, 6) is 0.513. The smallest absolute Gasteiger partial charge is 0.256 e. The van der Waals surface area contributed by atoms with Crippen LogP contribution in [0.5, 0.6) is 5.75 Å². The Morgan fingerprint density at radius 2 is 2.00 bits per heavy atom. The summed E-state index contributed by atoms with van der Waals surface area (Å²) in [6.45, 7) is 6.04. The minimum absolute atomic E-state index is 0.162. The molecular weight excluding hydrogens is 342 g/mol. The van der Waals surface area contributed by atoms with Crippen LogP contribution in [-0.4, -0.2) is 33.4 Å². The molecule has 0 aliphatic heterocycles. The summed E-state index contributed by atoms with van der Waals surface area (Å²) in [5.41, 5.74) is 1.04. The molecule has 1 aromatic carbocycles. The Hall–Kier alpha value is -3.15. The number of benzene rings is 1.